The maximum Gasteiger partial charge on any atom is 0.283 e. The van der Waals surface area contributed by atoms with Crippen molar-refractivity contribution < 1.29 is 18.1 Å². The first-order valence-electron chi connectivity index (χ1n) is 7.87. The summed E-state index contributed by atoms with van der Waals surface area (Å²) < 4.78 is 26.1. The van der Waals surface area contributed by atoms with Crippen LogP contribution in [0.4, 0.5) is 11.4 Å². The number of halogens is 1. The third-order valence-electron chi connectivity index (χ3n) is 3.92. The predicted molar refractivity (Wildman–Crippen MR) is 103 cm³/mol. The second kappa shape index (κ2) is 8.03. The summed E-state index contributed by atoms with van der Waals surface area (Å²) in [6.45, 7) is 3.51. The monoisotopic (exact) mass is 411 g/mol. The van der Waals surface area contributed by atoms with Crippen LogP contribution < -0.4 is 5.32 Å². The molecular formula is C17H18ClN3O5S. The van der Waals surface area contributed by atoms with Crippen molar-refractivity contribution >= 4 is 38.9 Å². The van der Waals surface area contributed by atoms with Crippen LogP contribution >= 0.6 is 11.6 Å². The van der Waals surface area contributed by atoms with E-state index in [4.69, 9.17) is 11.6 Å². The van der Waals surface area contributed by atoms with Crippen LogP contribution in [-0.4, -0.2) is 36.6 Å². The predicted octanol–water partition coefficient (Wildman–Crippen LogP) is 3.53. The summed E-state index contributed by atoms with van der Waals surface area (Å²) in [6.07, 6.45) is 0. The van der Waals surface area contributed by atoms with Crippen molar-refractivity contribution in [2.45, 2.75) is 24.8 Å². The fourth-order valence-corrected chi connectivity index (χ4v) is 3.73. The fourth-order valence-electron chi connectivity index (χ4n) is 2.20. The molecule has 2 rings (SSSR count). The van der Waals surface area contributed by atoms with E-state index in [1.54, 1.807) is 13.8 Å². The van der Waals surface area contributed by atoms with Gasteiger partial charge in [0.05, 0.1) is 9.82 Å². The molecule has 8 nitrogen and oxygen atoms in total. The molecule has 0 heterocycles. The first kappa shape index (κ1) is 20.8. The topological polar surface area (TPSA) is 110 Å². The average Bonchev–Trinajstić information content (AvgIpc) is 2.61. The highest BCUT2D eigenvalue weighted by Gasteiger charge is 2.24. The molecule has 1 N–H and O–H groups in total. The Kier molecular flexibility index (Phi) is 6.19. The van der Waals surface area contributed by atoms with Crippen molar-refractivity contribution in [1.82, 2.24) is 4.31 Å². The van der Waals surface area contributed by atoms with Gasteiger partial charge in [0.1, 0.15) is 5.56 Å². The molecular weight excluding hydrogens is 394 g/mol. The molecule has 0 bridgehead atoms. The molecule has 0 spiro atoms. The van der Waals surface area contributed by atoms with Gasteiger partial charge >= 0.3 is 0 Å². The van der Waals surface area contributed by atoms with Crippen molar-refractivity contribution in [1.29, 1.82) is 0 Å². The highest BCUT2D eigenvalue weighted by atomic mass is 35.5. The SMILES string of the molecule is CC(C)N(C)S(=O)(=O)c1ccc(NC(=O)c2ccc(Cl)cc2[N+](=O)[O-])cc1. The number of amides is 1. The minimum Gasteiger partial charge on any atom is -0.322 e. The molecule has 0 aliphatic heterocycles. The van der Waals surface area contributed by atoms with Crippen molar-refractivity contribution in [3.8, 4) is 0 Å². The molecule has 1 amide bonds. The average molecular weight is 412 g/mol. The number of rotatable bonds is 6. The van der Waals surface area contributed by atoms with Crippen LogP contribution in [0.5, 0.6) is 0 Å². The fraction of sp³-hybridized carbons (Fsp3) is 0.235. The Morgan fingerprint density at radius 1 is 1.19 bits per heavy atom. The van der Waals surface area contributed by atoms with Gasteiger partial charge in [0.25, 0.3) is 11.6 Å². The number of carbonyl (C=O) groups excluding carboxylic acids is 1. The molecule has 10 heteroatoms. The van der Waals surface area contributed by atoms with E-state index in [2.05, 4.69) is 5.32 Å². The summed E-state index contributed by atoms with van der Waals surface area (Å²) in [5.41, 5.74) is -0.270. The van der Waals surface area contributed by atoms with Crippen LogP contribution in [0, 0.1) is 10.1 Å². The first-order valence-corrected chi connectivity index (χ1v) is 9.69. The summed E-state index contributed by atoms with van der Waals surface area (Å²) in [5.74, 6) is -0.701. The molecule has 27 heavy (non-hydrogen) atoms. The van der Waals surface area contributed by atoms with Crippen LogP contribution in [0.1, 0.15) is 24.2 Å². The molecule has 0 unspecified atom stereocenters. The molecule has 2 aromatic rings. The smallest absolute Gasteiger partial charge is 0.283 e. The van der Waals surface area contributed by atoms with E-state index < -0.39 is 26.5 Å². The number of nitrogens with zero attached hydrogens (tertiary/aromatic N) is 2. The molecule has 0 aliphatic carbocycles. The van der Waals surface area contributed by atoms with E-state index in [0.29, 0.717) is 5.69 Å². The van der Waals surface area contributed by atoms with Crippen molar-refractivity contribution in [2.75, 3.05) is 12.4 Å². The Bertz CT molecular complexity index is 975. The van der Waals surface area contributed by atoms with Gasteiger partial charge in [-0.2, -0.15) is 4.31 Å². The van der Waals surface area contributed by atoms with Crippen LogP contribution in [0.3, 0.4) is 0 Å². The standard InChI is InChI=1S/C17H18ClN3O5S/c1-11(2)20(3)27(25,26)14-7-5-13(6-8-14)19-17(22)15-9-4-12(18)10-16(15)21(23)24/h4-11H,1-3H3,(H,19,22). The van der Waals surface area contributed by atoms with E-state index in [1.165, 1.54) is 47.8 Å². The summed E-state index contributed by atoms with van der Waals surface area (Å²) in [4.78, 5) is 22.8. The number of hydrogen-bond donors (Lipinski definition) is 1. The summed E-state index contributed by atoms with van der Waals surface area (Å²) >= 11 is 5.74. The maximum absolute atomic E-state index is 12.4. The van der Waals surface area contributed by atoms with E-state index in [-0.39, 0.29) is 21.5 Å². The second-order valence-corrected chi connectivity index (χ2v) is 8.45. The lowest BCUT2D eigenvalue weighted by molar-refractivity contribution is -0.385. The highest BCUT2D eigenvalue weighted by molar-refractivity contribution is 7.89. The molecule has 0 atom stereocenters. The van der Waals surface area contributed by atoms with Crippen molar-refractivity contribution in [3.63, 3.8) is 0 Å². The Balaban J connectivity index is 2.25. The number of anilines is 1. The van der Waals surface area contributed by atoms with Gasteiger partial charge in [-0.25, -0.2) is 8.42 Å². The van der Waals surface area contributed by atoms with Crippen LogP contribution in [0.2, 0.25) is 5.02 Å². The second-order valence-electron chi connectivity index (χ2n) is 6.01. The minimum absolute atomic E-state index is 0.0779. The largest absolute Gasteiger partial charge is 0.322 e. The molecule has 0 aliphatic rings. The third kappa shape index (κ3) is 4.62. The molecule has 0 radical (unpaired) electrons. The summed E-state index contributed by atoms with van der Waals surface area (Å²) in [7, 11) is -2.16. The van der Waals surface area contributed by atoms with Crippen molar-refractivity contribution in [3.05, 3.63) is 63.2 Å². The van der Waals surface area contributed by atoms with Crippen molar-refractivity contribution in [2.24, 2.45) is 0 Å². The van der Waals surface area contributed by atoms with Gasteiger partial charge in [-0.05, 0) is 50.2 Å². The van der Waals surface area contributed by atoms with Gasteiger partial charge in [0.2, 0.25) is 10.0 Å². The quantitative estimate of drug-likeness (QED) is 0.577. The summed E-state index contributed by atoms with van der Waals surface area (Å²) in [5, 5.41) is 13.7. The maximum atomic E-state index is 12.4. The van der Waals surface area contributed by atoms with Gasteiger partial charge in [-0.3, -0.25) is 14.9 Å². The van der Waals surface area contributed by atoms with Gasteiger partial charge in [0, 0.05) is 29.9 Å². The van der Waals surface area contributed by atoms with E-state index in [9.17, 15) is 23.3 Å². The molecule has 0 saturated heterocycles. The molecule has 0 aromatic heterocycles. The lowest BCUT2D eigenvalue weighted by atomic mass is 10.1. The number of benzene rings is 2. The Labute approximate surface area is 162 Å². The van der Waals surface area contributed by atoms with E-state index in [1.807, 2.05) is 0 Å². The Morgan fingerprint density at radius 3 is 2.30 bits per heavy atom. The molecule has 144 valence electrons. The zero-order valence-corrected chi connectivity index (χ0v) is 16.4. The number of hydrogen-bond acceptors (Lipinski definition) is 5. The minimum atomic E-state index is -3.64. The molecule has 0 saturated carbocycles. The lowest BCUT2D eigenvalue weighted by Crippen LogP contribution is -2.33. The lowest BCUT2D eigenvalue weighted by Gasteiger charge is -2.21. The highest BCUT2D eigenvalue weighted by Crippen LogP contribution is 2.25. The van der Waals surface area contributed by atoms with Crippen LogP contribution in [-0.2, 0) is 10.0 Å². The van der Waals surface area contributed by atoms with Gasteiger partial charge < -0.3 is 5.32 Å². The molecule has 2 aromatic carbocycles. The number of nitro benzene ring substituents is 1. The van der Waals surface area contributed by atoms with Crippen LogP contribution in [0.15, 0.2) is 47.4 Å². The normalized spacial score (nSPS) is 11.6. The van der Waals surface area contributed by atoms with Gasteiger partial charge in [0.15, 0.2) is 0 Å². The molecule has 0 fully saturated rings. The van der Waals surface area contributed by atoms with Gasteiger partial charge in [-0.1, -0.05) is 11.6 Å². The zero-order valence-electron chi connectivity index (χ0n) is 14.8. The Morgan fingerprint density at radius 2 is 1.78 bits per heavy atom. The van der Waals surface area contributed by atoms with Gasteiger partial charge in [-0.15, -0.1) is 0 Å². The Hall–Kier alpha value is -2.49. The number of sulfonamides is 1. The number of nitrogens with one attached hydrogen (secondary N) is 1. The van der Waals surface area contributed by atoms with E-state index >= 15 is 0 Å². The summed E-state index contributed by atoms with van der Waals surface area (Å²) in [6, 6.07) is 9.07. The van der Waals surface area contributed by atoms with E-state index in [0.717, 1.165) is 6.07 Å². The number of nitro groups is 1. The number of carbonyl (C=O) groups is 1. The first-order chi connectivity index (χ1) is 12.5. The zero-order chi connectivity index (χ0) is 20.4. The van der Waals surface area contributed by atoms with Crippen LogP contribution in [0.25, 0.3) is 0 Å². The third-order valence-corrected chi connectivity index (χ3v) is 6.20.